The van der Waals surface area contributed by atoms with Crippen LogP contribution in [0.4, 0.5) is 23.2 Å². The van der Waals surface area contributed by atoms with Crippen molar-refractivity contribution < 1.29 is 17.6 Å². The maximum absolute atomic E-state index is 12.9. The first-order chi connectivity index (χ1) is 6.40. The summed E-state index contributed by atoms with van der Waals surface area (Å²) in [5.41, 5.74) is 0.155. The maximum Gasteiger partial charge on any atom is 0.405 e. The molecule has 0 aliphatic rings. The largest absolute Gasteiger partial charge is 0.405 e. The van der Waals surface area contributed by atoms with Crippen molar-refractivity contribution in [3.8, 4) is 0 Å². The standard InChI is InChI=1S/C8H6F4IN/c9-5-2-1-3-6(7(5)13)14-4-8(10,11)12/h1-3,14H,4H2. The Morgan fingerprint density at radius 2 is 1.93 bits per heavy atom. The molecular weight excluding hydrogens is 313 g/mol. The number of alkyl halides is 3. The molecule has 0 saturated carbocycles. The molecule has 0 bridgehead atoms. The first kappa shape index (κ1) is 11.5. The lowest BCUT2D eigenvalue weighted by Gasteiger charge is -2.10. The minimum atomic E-state index is -4.30. The summed E-state index contributed by atoms with van der Waals surface area (Å²) in [6.07, 6.45) is -4.30. The number of rotatable bonds is 2. The van der Waals surface area contributed by atoms with E-state index in [-0.39, 0.29) is 9.26 Å². The van der Waals surface area contributed by atoms with Crippen molar-refractivity contribution in [2.75, 3.05) is 11.9 Å². The van der Waals surface area contributed by atoms with Crippen LogP contribution in [-0.2, 0) is 0 Å². The van der Waals surface area contributed by atoms with Crippen LogP contribution in [-0.4, -0.2) is 12.7 Å². The Hall–Kier alpha value is -0.530. The van der Waals surface area contributed by atoms with Gasteiger partial charge in [-0.05, 0) is 34.7 Å². The Labute approximate surface area is 91.6 Å². The van der Waals surface area contributed by atoms with E-state index in [1.54, 1.807) is 22.6 Å². The molecule has 0 spiro atoms. The molecule has 1 aromatic carbocycles. The SMILES string of the molecule is Fc1cccc(NCC(F)(F)F)c1I. The zero-order chi connectivity index (χ0) is 10.8. The molecule has 14 heavy (non-hydrogen) atoms. The van der Waals surface area contributed by atoms with E-state index in [9.17, 15) is 17.6 Å². The van der Waals surface area contributed by atoms with E-state index < -0.39 is 18.5 Å². The summed E-state index contributed by atoms with van der Waals surface area (Å²) in [5.74, 6) is -0.530. The van der Waals surface area contributed by atoms with Crippen molar-refractivity contribution in [2.24, 2.45) is 0 Å². The fourth-order valence-electron chi connectivity index (χ4n) is 0.836. The highest BCUT2D eigenvalue weighted by Crippen LogP contribution is 2.22. The Morgan fingerprint density at radius 1 is 1.29 bits per heavy atom. The summed E-state index contributed by atoms with van der Waals surface area (Å²) in [6.45, 7) is -1.16. The van der Waals surface area contributed by atoms with Gasteiger partial charge in [-0.3, -0.25) is 0 Å². The summed E-state index contributed by atoms with van der Waals surface area (Å²) in [4.78, 5) is 0. The zero-order valence-electron chi connectivity index (χ0n) is 6.83. The maximum atomic E-state index is 12.9. The van der Waals surface area contributed by atoms with Crippen molar-refractivity contribution in [1.29, 1.82) is 0 Å². The lowest BCUT2D eigenvalue weighted by molar-refractivity contribution is -0.115. The van der Waals surface area contributed by atoms with Gasteiger partial charge in [0.25, 0.3) is 0 Å². The number of anilines is 1. The molecule has 1 nitrogen and oxygen atoms in total. The van der Waals surface area contributed by atoms with Gasteiger partial charge in [0, 0.05) is 0 Å². The fourth-order valence-corrected chi connectivity index (χ4v) is 1.39. The van der Waals surface area contributed by atoms with Gasteiger partial charge < -0.3 is 5.32 Å². The van der Waals surface area contributed by atoms with Crippen molar-refractivity contribution >= 4 is 28.3 Å². The molecule has 1 rings (SSSR count). The minimum absolute atomic E-state index is 0.155. The molecule has 0 heterocycles. The molecule has 0 saturated heterocycles. The van der Waals surface area contributed by atoms with Crippen LogP contribution in [0.1, 0.15) is 0 Å². The van der Waals surface area contributed by atoms with Gasteiger partial charge in [0.05, 0.1) is 9.26 Å². The quantitative estimate of drug-likeness (QED) is 0.651. The first-order valence-corrected chi connectivity index (χ1v) is 4.72. The summed E-state index contributed by atoms with van der Waals surface area (Å²) >= 11 is 1.65. The highest BCUT2D eigenvalue weighted by Gasteiger charge is 2.26. The molecule has 0 unspecified atom stereocenters. The molecule has 0 fully saturated rings. The van der Waals surface area contributed by atoms with Crippen LogP contribution >= 0.6 is 22.6 Å². The molecule has 78 valence electrons. The topological polar surface area (TPSA) is 12.0 Å². The summed E-state index contributed by atoms with van der Waals surface area (Å²) in [7, 11) is 0. The van der Waals surface area contributed by atoms with Crippen LogP contribution in [0.5, 0.6) is 0 Å². The second-order valence-electron chi connectivity index (χ2n) is 2.57. The van der Waals surface area contributed by atoms with E-state index in [1.807, 2.05) is 0 Å². The number of nitrogens with one attached hydrogen (secondary N) is 1. The van der Waals surface area contributed by atoms with Gasteiger partial charge in [-0.1, -0.05) is 6.07 Å². The molecular formula is C8H6F4IN. The van der Waals surface area contributed by atoms with Crippen LogP contribution in [0.15, 0.2) is 18.2 Å². The van der Waals surface area contributed by atoms with E-state index in [1.165, 1.54) is 18.2 Å². The number of hydrogen-bond donors (Lipinski definition) is 1. The molecule has 6 heteroatoms. The second-order valence-corrected chi connectivity index (χ2v) is 3.65. The molecule has 0 radical (unpaired) electrons. The van der Waals surface area contributed by atoms with Crippen LogP contribution < -0.4 is 5.32 Å². The van der Waals surface area contributed by atoms with Crippen molar-refractivity contribution in [1.82, 2.24) is 0 Å². The molecule has 0 amide bonds. The van der Waals surface area contributed by atoms with E-state index in [0.717, 1.165) is 0 Å². The molecule has 0 aliphatic heterocycles. The lowest BCUT2D eigenvalue weighted by Crippen LogP contribution is -2.21. The highest BCUT2D eigenvalue weighted by atomic mass is 127. The van der Waals surface area contributed by atoms with Crippen LogP contribution in [0.3, 0.4) is 0 Å². The molecule has 0 atom stereocenters. The van der Waals surface area contributed by atoms with E-state index in [2.05, 4.69) is 5.32 Å². The van der Waals surface area contributed by atoms with Crippen molar-refractivity contribution in [2.45, 2.75) is 6.18 Å². The smallest absolute Gasteiger partial charge is 0.376 e. The van der Waals surface area contributed by atoms with Gasteiger partial charge in [-0.15, -0.1) is 0 Å². The molecule has 0 aromatic heterocycles. The number of hydrogen-bond acceptors (Lipinski definition) is 1. The Balaban J connectivity index is 2.73. The third kappa shape index (κ3) is 3.32. The van der Waals surface area contributed by atoms with Gasteiger partial charge >= 0.3 is 6.18 Å². The second kappa shape index (κ2) is 4.33. The van der Waals surface area contributed by atoms with E-state index >= 15 is 0 Å². The fraction of sp³-hybridized carbons (Fsp3) is 0.250. The first-order valence-electron chi connectivity index (χ1n) is 3.65. The summed E-state index contributed by atoms with van der Waals surface area (Å²) in [6, 6.07) is 3.95. The highest BCUT2D eigenvalue weighted by molar-refractivity contribution is 14.1. The van der Waals surface area contributed by atoms with Crippen molar-refractivity contribution in [3.05, 3.63) is 27.6 Å². The van der Waals surface area contributed by atoms with Crippen LogP contribution in [0.25, 0.3) is 0 Å². The van der Waals surface area contributed by atoms with Crippen LogP contribution in [0.2, 0.25) is 0 Å². The predicted octanol–water partition coefficient (Wildman–Crippen LogP) is 3.40. The Morgan fingerprint density at radius 3 is 2.50 bits per heavy atom. The molecule has 0 aliphatic carbocycles. The van der Waals surface area contributed by atoms with E-state index in [4.69, 9.17) is 0 Å². The normalized spacial score (nSPS) is 11.5. The zero-order valence-corrected chi connectivity index (χ0v) is 8.99. The van der Waals surface area contributed by atoms with Crippen LogP contribution in [0, 0.1) is 9.39 Å². The van der Waals surface area contributed by atoms with Crippen molar-refractivity contribution in [3.63, 3.8) is 0 Å². The lowest BCUT2D eigenvalue weighted by atomic mass is 10.3. The summed E-state index contributed by atoms with van der Waals surface area (Å²) in [5, 5.41) is 2.12. The summed E-state index contributed by atoms with van der Waals surface area (Å²) < 4.78 is 48.5. The predicted molar refractivity (Wildman–Crippen MR) is 53.7 cm³/mol. The van der Waals surface area contributed by atoms with E-state index in [0.29, 0.717) is 0 Å². The Kier molecular flexibility index (Phi) is 3.57. The van der Waals surface area contributed by atoms with Gasteiger partial charge in [0.2, 0.25) is 0 Å². The van der Waals surface area contributed by atoms with Gasteiger partial charge in [0.15, 0.2) is 0 Å². The minimum Gasteiger partial charge on any atom is -0.376 e. The average Bonchev–Trinajstić information content (AvgIpc) is 2.06. The molecule has 1 N–H and O–H groups in total. The molecule has 1 aromatic rings. The Bertz CT molecular complexity index is 324. The third-order valence-corrected chi connectivity index (χ3v) is 2.53. The monoisotopic (exact) mass is 319 g/mol. The average molecular weight is 319 g/mol. The number of halogens is 5. The van der Waals surface area contributed by atoms with Gasteiger partial charge in [-0.25, -0.2) is 4.39 Å². The number of benzene rings is 1. The van der Waals surface area contributed by atoms with Gasteiger partial charge in [-0.2, -0.15) is 13.2 Å². The third-order valence-electron chi connectivity index (χ3n) is 1.43. The van der Waals surface area contributed by atoms with Gasteiger partial charge in [0.1, 0.15) is 12.4 Å².